The summed E-state index contributed by atoms with van der Waals surface area (Å²) < 4.78 is 10.8. The molecule has 0 aromatic heterocycles. The topological polar surface area (TPSA) is 76.7 Å². The standard InChI is InChI=1S/C18H32N2O4/c1-3-18(4-2,20-17(22)12-24-10-15-7-8-15)13-19-16(21)11-23-9-14-5-6-14/h14-15H,3-13H2,1-2H3,(H,19,21)(H,20,22). The fourth-order valence-electron chi connectivity index (χ4n) is 2.58. The fraction of sp³-hybridized carbons (Fsp3) is 0.889. The van der Waals surface area contributed by atoms with Crippen LogP contribution >= 0.6 is 0 Å². The van der Waals surface area contributed by atoms with Crippen molar-refractivity contribution in [2.75, 3.05) is 33.0 Å². The van der Waals surface area contributed by atoms with Crippen molar-refractivity contribution in [1.82, 2.24) is 10.6 Å². The SMILES string of the molecule is CCC(CC)(CNC(=O)COCC1CC1)NC(=O)COCC1CC1. The van der Waals surface area contributed by atoms with Crippen LogP contribution < -0.4 is 10.6 Å². The van der Waals surface area contributed by atoms with Crippen LogP contribution in [-0.4, -0.2) is 50.3 Å². The first kappa shape index (κ1) is 19.2. The van der Waals surface area contributed by atoms with E-state index in [0.717, 1.165) is 12.8 Å². The lowest BCUT2D eigenvalue weighted by molar-refractivity contribution is -0.129. The number of carbonyl (C=O) groups is 2. The molecule has 0 atom stereocenters. The number of hydrogen-bond donors (Lipinski definition) is 2. The quantitative estimate of drug-likeness (QED) is 0.534. The van der Waals surface area contributed by atoms with E-state index in [1.54, 1.807) is 0 Å². The number of carbonyl (C=O) groups excluding carboxylic acids is 2. The first-order valence-electron chi connectivity index (χ1n) is 9.30. The second kappa shape index (κ2) is 9.37. The van der Waals surface area contributed by atoms with Crippen LogP contribution in [0, 0.1) is 11.8 Å². The highest BCUT2D eigenvalue weighted by Crippen LogP contribution is 2.29. The van der Waals surface area contributed by atoms with E-state index in [-0.39, 0.29) is 25.0 Å². The molecule has 2 aliphatic carbocycles. The predicted octanol–water partition coefficient (Wildman–Crippen LogP) is 1.63. The lowest BCUT2D eigenvalue weighted by Crippen LogP contribution is -2.56. The maximum absolute atomic E-state index is 12.1. The van der Waals surface area contributed by atoms with E-state index in [9.17, 15) is 9.59 Å². The van der Waals surface area contributed by atoms with Gasteiger partial charge < -0.3 is 20.1 Å². The van der Waals surface area contributed by atoms with E-state index in [4.69, 9.17) is 9.47 Å². The third kappa shape index (κ3) is 7.18. The highest BCUT2D eigenvalue weighted by Gasteiger charge is 2.29. The molecule has 2 aliphatic rings. The van der Waals surface area contributed by atoms with Gasteiger partial charge in [-0.3, -0.25) is 9.59 Å². The molecule has 0 aliphatic heterocycles. The summed E-state index contributed by atoms with van der Waals surface area (Å²) >= 11 is 0. The van der Waals surface area contributed by atoms with E-state index >= 15 is 0 Å². The van der Waals surface area contributed by atoms with Crippen LogP contribution in [0.15, 0.2) is 0 Å². The Balaban J connectivity index is 1.66. The van der Waals surface area contributed by atoms with Gasteiger partial charge >= 0.3 is 0 Å². The van der Waals surface area contributed by atoms with Crippen LogP contribution in [0.5, 0.6) is 0 Å². The molecule has 138 valence electrons. The normalized spacial score (nSPS) is 17.6. The Morgan fingerprint density at radius 1 is 0.917 bits per heavy atom. The zero-order chi connectivity index (χ0) is 17.4. The van der Waals surface area contributed by atoms with Gasteiger partial charge in [-0.05, 0) is 50.4 Å². The maximum Gasteiger partial charge on any atom is 0.246 e. The predicted molar refractivity (Wildman–Crippen MR) is 91.6 cm³/mol. The number of nitrogens with one attached hydrogen (secondary N) is 2. The third-order valence-electron chi connectivity index (χ3n) is 4.95. The first-order chi connectivity index (χ1) is 11.6. The van der Waals surface area contributed by atoms with Gasteiger partial charge in [-0.2, -0.15) is 0 Å². The van der Waals surface area contributed by atoms with Crippen LogP contribution in [-0.2, 0) is 19.1 Å². The molecule has 0 unspecified atom stereocenters. The molecule has 6 nitrogen and oxygen atoms in total. The van der Waals surface area contributed by atoms with Gasteiger partial charge in [0.05, 0.1) is 18.8 Å². The van der Waals surface area contributed by atoms with Crippen molar-refractivity contribution < 1.29 is 19.1 Å². The van der Waals surface area contributed by atoms with Crippen LogP contribution in [0.2, 0.25) is 0 Å². The summed E-state index contributed by atoms with van der Waals surface area (Å²) in [5, 5.41) is 5.93. The lowest BCUT2D eigenvalue weighted by Gasteiger charge is -2.33. The number of amides is 2. The molecule has 2 N–H and O–H groups in total. The fourth-order valence-corrected chi connectivity index (χ4v) is 2.58. The molecular formula is C18H32N2O4. The van der Waals surface area contributed by atoms with E-state index < -0.39 is 5.54 Å². The molecule has 2 amide bonds. The highest BCUT2D eigenvalue weighted by atomic mass is 16.5. The van der Waals surface area contributed by atoms with E-state index in [2.05, 4.69) is 10.6 Å². The van der Waals surface area contributed by atoms with Gasteiger partial charge in [-0.25, -0.2) is 0 Å². The summed E-state index contributed by atoms with van der Waals surface area (Å²) in [4.78, 5) is 24.0. The maximum atomic E-state index is 12.1. The molecule has 2 saturated carbocycles. The second-order valence-corrected chi connectivity index (χ2v) is 7.23. The Kier molecular flexibility index (Phi) is 7.49. The van der Waals surface area contributed by atoms with Crippen molar-refractivity contribution in [2.45, 2.75) is 57.9 Å². The van der Waals surface area contributed by atoms with Crippen LogP contribution in [0.4, 0.5) is 0 Å². The van der Waals surface area contributed by atoms with Gasteiger partial charge in [0.2, 0.25) is 11.8 Å². The first-order valence-corrected chi connectivity index (χ1v) is 9.30. The molecule has 6 heteroatoms. The Morgan fingerprint density at radius 3 is 1.88 bits per heavy atom. The van der Waals surface area contributed by atoms with Crippen molar-refractivity contribution in [3.63, 3.8) is 0 Å². The van der Waals surface area contributed by atoms with E-state index in [1.807, 2.05) is 13.8 Å². The zero-order valence-corrected chi connectivity index (χ0v) is 15.1. The van der Waals surface area contributed by atoms with Gasteiger partial charge in [0.1, 0.15) is 13.2 Å². The summed E-state index contributed by atoms with van der Waals surface area (Å²) in [5.41, 5.74) is -0.424. The number of hydrogen-bond acceptors (Lipinski definition) is 4. The molecule has 0 aromatic carbocycles. The molecule has 0 spiro atoms. The summed E-state index contributed by atoms with van der Waals surface area (Å²) in [6.07, 6.45) is 6.35. The summed E-state index contributed by atoms with van der Waals surface area (Å²) in [6.45, 7) is 5.99. The number of ether oxygens (including phenoxy) is 2. The van der Waals surface area contributed by atoms with Gasteiger partial charge in [0.15, 0.2) is 0 Å². The van der Waals surface area contributed by atoms with Crippen molar-refractivity contribution in [3.8, 4) is 0 Å². The zero-order valence-electron chi connectivity index (χ0n) is 15.1. The Morgan fingerprint density at radius 2 is 1.42 bits per heavy atom. The minimum absolute atomic E-state index is 0.0939. The average Bonchev–Trinajstić information content (AvgIpc) is 3.46. The van der Waals surface area contributed by atoms with Gasteiger partial charge in [0, 0.05) is 6.54 Å². The molecule has 24 heavy (non-hydrogen) atoms. The summed E-state index contributed by atoms with van der Waals surface area (Å²) in [6, 6.07) is 0. The van der Waals surface area contributed by atoms with Gasteiger partial charge in [-0.15, -0.1) is 0 Å². The highest BCUT2D eigenvalue weighted by molar-refractivity contribution is 5.79. The van der Waals surface area contributed by atoms with Gasteiger partial charge in [-0.1, -0.05) is 13.8 Å². The van der Waals surface area contributed by atoms with Gasteiger partial charge in [0.25, 0.3) is 0 Å². The molecule has 0 radical (unpaired) electrons. The van der Waals surface area contributed by atoms with Crippen molar-refractivity contribution >= 4 is 11.8 Å². The monoisotopic (exact) mass is 340 g/mol. The molecule has 2 fully saturated rings. The Hall–Kier alpha value is -1.14. The third-order valence-corrected chi connectivity index (χ3v) is 4.95. The minimum atomic E-state index is -0.424. The second-order valence-electron chi connectivity index (χ2n) is 7.23. The van der Waals surface area contributed by atoms with Crippen molar-refractivity contribution in [1.29, 1.82) is 0 Å². The number of rotatable bonds is 13. The molecule has 0 heterocycles. The average molecular weight is 340 g/mol. The summed E-state index contributed by atoms with van der Waals surface area (Å²) in [5.74, 6) is 1.06. The minimum Gasteiger partial charge on any atom is -0.371 e. The molecular weight excluding hydrogens is 308 g/mol. The van der Waals surface area contributed by atoms with E-state index in [0.29, 0.717) is 31.6 Å². The molecule has 0 bridgehead atoms. The van der Waals surface area contributed by atoms with Crippen molar-refractivity contribution in [2.24, 2.45) is 11.8 Å². The molecule has 0 saturated heterocycles. The van der Waals surface area contributed by atoms with Crippen LogP contribution in [0.1, 0.15) is 52.4 Å². The Bertz CT molecular complexity index is 415. The van der Waals surface area contributed by atoms with E-state index in [1.165, 1.54) is 25.7 Å². The largest absolute Gasteiger partial charge is 0.371 e. The van der Waals surface area contributed by atoms with Crippen LogP contribution in [0.3, 0.4) is 0 Å². The summed E-state index contributed by atoms with van der Waals surface area (Å²) in [7, 11) is 0. The Labute approximate surface area is 145 Å². The van der Waals surface area contributed by atoms with Crippen molar-refractivity contribution in [3.05, 3.63) is 0 Å². The lowest BCUT2D eigenvalue weighted by atomic mass is 9.92. The van der Waals surface area contributed by atoms with Crippen LogP contribution in [0.25, 0.3) is 0 Å². The molecule has 2 rings (SSSR count). The molecule has 0 aromatic rings. The smallest absolute Gasteiger partial charge is 0.246 e.